The van der Waals surface area contributed by atoms with E-state index >= 15 is 0 Å². The van der Waals surface area contributed by atoms with Gasteiger partial charge >= 0.3 is 6.18 Å². The van der Waals surface area contributed by atoms with Crippen LogP contribution in [0.2, 0.25) is 0 Å². The topological polar surface area (TPSA) is 64.6 Å². The number of aliphatic hydroxyl groups excluding tert-OH is 1. The van der Waals surface area contributed by atoms with E-state index in [0.717, 1.165) is 55.3 Å². The van der Waals surface area contributed by atoms with Gasteiger partial charge in [-0.05, 0) is 79.5 Å². The quantitative estimate of drug-likeness (QED) is 0.152. The SMILES string of the molecule is CCCCN(C)Cc1cc(Br)cc(C(=O)N[C@@H](Cc2cc(F)cc(F)c2)[C@@H](O)CNCc2cccc(C(F)(F)F)c2)c1.Cl.Cl. The summed E-state index contributed by atoms with van der Waals surface area (Å²) in [6.07, 6.45) is -3.71. The predicted molar refractivity (Wildman–Crippen MR) is 170 cm³/mol. The van der Waals surface area contributed by atoms with Crippen LogP contribution in [0.5, 0.6) is 0 Å². The minimum absolute atomic E-state index is 0. The second-order valence-electron chi connectivity index (χ2n) is 10.4. The van der Waals surface area contributed by atoms with Crippen LogP contribution in [0, 0.1) is 11.6 Å². The number of carbonyl (C=O) groups excluding carboxylic acids is 1. The van der Waals surface area contributed by atoms with E-state index in [1.54, 1.807) is 12.1 Å². The molecule has 0 aromatic heterocycles. The molecule has 3 aromatic carbocycles. The monoisotopic (exact) mass is 727 g/mol. The van der Waals surface area contributed by atoms with Crippen molar-refractivity contribution < 1.29 is 31.9 Å². The van der Waals surface area contributed by atoms with E-state index in [-0.39, 0.29) is 49.9 Å². The molecule has 13 heteroatoms. The first-order valence-corrected chi connectivity index (χ1v) is 14.4. The Bertz CT molecular complexity index is 1330. The number of nitrogens with one attached hydrogen (secondary N) is 2. The molecular weight excluding hydrogens is 692 g/mol. The second-order valence-corrected chi connectivity index (χ2v) is 11.3. The van der Waals surface area contributed by atoms with Gasteiger partial charge in [-0.3, -0.25) is 4.79 Å². The zero-order valence-electron chi connectivity index (χ0n) is 24.3. The van der Waals surface area contributed by atoms with Crippen LogP contribution in [-0.2, 0) is 25.7 Å². The maximum absolute atomic E-state index is 13.9. The Labute approximate surface area is 275 Å². The molecule has 2 atom stereocenters. The zero-order valence-corrected chi connectivity index (χ0v) is 27.5. The van der Waals surface area contributed by atoms with Gasteiger partial charge in [-0.2, -0.15) is 13.2 Å². The highest BCUT2D eigenvalue weighted by molar-refractivity contribution is 9.10. The molecule has 0 fully saturated rings. The molecule has 44 heavy (non-hydrogen) atoms. The number of benzene rings is 3. The molecule has 0 unspecified atom stereocenters. The lowest BCUT2D eigenvalue weighted by Gasteiger charge is -2.25. The van der Waals surface area contributed by atoms with Gasteiger partial charge in [-0.1, -0.05) is 47.5 Å². The van der Waals surface area contributed by atoms with E-state index in [1.165, 1.54) is 12.1 Å². The minimum Gasteiger partial charge on any atom is -0.390 e. The van der Waals surface area contributed by atoms with Gasteiger partial charge in [0.05, 0.1) is 17.7 Å². The normalized spacial score (nSPS) is 12.7. The van der Waals surface area contributed by atoms with Gasteiger partial charge < -0.3 is 20.6 Å². The van der Waals surface area contributed by atoms with Gasteiger partial charge in [0.25, 0.3) is 5.91 Å². The van der Waals surface area contributed by atoms with Crippen LogP contribution in [0.3, 0.4) is 0 Å². The Hall–Kier alpha value is -2.28. The molecular formula is C31H37BrCl2F5N3O2. The standard InChI is InChI=1S/C31H35BrF5N3O2.2ClH/c1-3-4-8-40(2)19-22-9-23(15-25(32)11-22)30(42)39-28(14-21-12-26(33)16-27(34)13-21)29(41)18-38-17-20-6-5-7-24(10-20)31(35,36)37;;/h5-7,9-13,15-16,28-29,38,41H,3-4,8,14,17-19H2,1-2H3,(H,39,42);2*1H/t28-,29-;;/m0../s1. The van der Waals surface area contributed by atoms with Crippen LogP contribution < -0.4 is 10.6 Å². The summed E-state index contributed by atoms with van der Waals surface area (Å²) in [6.45, 7) is 3.55. The summed E-state index contributed by atoms with van der Waals surface area (Å²) in [5, 5.41) is 16.7. The van der Waals surface area contributed by atoms with Crippen molar-refractivity contribution in [1.82, 2.24) is 15.5 Å². The van der Waals surface area contributed by atoms with Gasteiger partial charge in [0.15, 0.2) is 0 Å². The lowest BCUT2D eigenvalue weighted by Crippen LogP contribution is -2.48. The number of amides is 1. The smallest absolute Gasteiger partial charge is 0.390 e. The van der Waals surface area contributed by atoms with E-state index in [4.69, 9.17) is 0 Å². The van der Waals surface area contributed by atoms with Crippen LogP contribution in [0.25, 0.3) is 0 Å². The third-order valence-corrected chi connectivity index (χ3v) is 7.12. The van der Waals surface area contributed by atoms with Gasteiger partial charge in [0.2, 0.25) is 0 Å². The molecule has 3 N–H and O–H groups in total. The van der Waals surface area contributed by atoms with Crippen molar-refractivity contribution in [3.05, 3.63) is 105 Å². The molecule has 0 heterocycles. The van der Waals surface area contributed by atoms with Crippen molar-refractivity contribution in [3.63, 3.8) is 0 Å². The van der Waals surface area contributed by atoms with Gasteiger partial charge in [0, 0.05) is 35.7 Å². The van der Waals surface area contributed by atoms with Crippen LogP contribution in [0.15, 0.2) is 65.1 Å². The van der Waals surface area contributed by atoms with Crippen LogP contribution >= 0.6 is 40.7 Å². The molecule has 0 spiro atoms. The first kappa shape index (κ1) is 39.7. The Morgan fingerprint density at radius 1 is 0.977 bits per heavy atom. The summed E-state index contributed by atoms with van der Waals surface area (Å²) in [7, 11) is 1.99. The number of hydrogen-bond donors (Lipinski definition) is 3. The highest BCUT2D eigenvalue weighted by Crippen LogP contribution is 2.29. The number of alkyl halides is 3. The van der Waals surface area contributed by atoms with E-state index in [0.29, 0.717) is 22.1 Å². The fourth-order valence-electron chi connectivity index (χ4n) is 4.57. The Balaban J connectivity index is 0.00000484. The maximum Gasteiger partial charge on any atom is 0.416 e. The summed E-state index contributed by atoms with van der Waals surface area (Å²) in [5.41, 5.74) is 1.03. The molecule has 0 radical (unpaired) electrons. The van der Waals surface area contributed by atoms with Crippen molar-refractivity contribution >= 4 is 46.7 Å². The van der Waals surface area contributed by atoms with Crippen molar-refractivity contribution in [2.24, 2.45) is 0 Å². The number of halogens is 8. The average Bonchev–Trinajstić information content (AvgIpc) is 2.90. The fourth-order valence-corrected chi connectivity index (χ4v) is 5.11. The number of rotatable bonds is 14. The zero-order chi connectivity index (χ0) is 30.9. The molecule has 1 amide bonds. The fraction of sp³-hybridized carbons (Fsp3) is 0.387. The number of nitrogens with zero attached hydrogens (tertiary/aromatic N) is 1. The molecule has 5 nitrogen and oxygen atoms in total. The number of hydrogen-bond acceptors (Lipinski definition) is 4. The summed E-state index contributed by atoms with van der Waals surface area (Å²) in [6, 6.07) is 12.1. The summed E-state index contributed by atoms with van der Waals surface area (Å²) in [5.74, 6) is -2.08. The van der Waals surface area contributed by atoms with Crippen molar-refractivity contribution in [2.75, 3.05) is 20.1 Å². The first-order valence-electron chi connectivity index (χ1n) is 13.6. The predicted octanol–water partition coefficient (Wildman–Crippen LogP) is 7.31. The summed E-state index contributed by atoms with van der Waals surface area (Å²) in [4.78, 5) is 15.5. The minimum atomic E-state index is -4.48. The largest absolute Gasteiger partial charge is 0.416 e. The van der Waals surface area contributed by atoms with Crippen LogP contribution in [-0.4, -0.2) is 48.2 Å². The molecule has 3 rings (SSSR count). The van der Waals surface area contributed by atoms with Gasteiger partial charge in [0.1, 0.15) is 11.6 Å². The average molecular weight is 729 g/mol. The first-order chi connectivity index (χ1) is 19.8. The number of aliphatic hydroxyl groups is 1. The molecule has 0 aliphatic heterocycles. The molecule has 0 saturated heterocycles. The number of carbonyl (C=O) groups is 1. The molecule has 0 aliphatic carbocycles. The Kier molecular flexibility index (Phi) is 16.8. The van der Waals surface area contributed by atoms with E-state index < -0.39 is 41.4 Å². The van der Waals surface area contributed by atoms with E-state index in [9.17, 15) is 31.9 Å². The molecule has 0 saturated carbocycles. The van der Waals surface area contributed by atoms with E-state index in [1.807, 2.05) is 13.1 Å². The van der Waals surface area contributed by atoms with Crippen LogP contribution in [0.4, 0.5) is 22.0 Å². The van der Waals surface area contributed by atoms with Gasteiger partial charge in [-0.25, -0.2) is 8.78 Å². The Morgan fingerprint density at radius 3 is 2.30 bits per heavy atom. The van der Waals surface area contributed by atoms with Crippen LogP contribution in [0.1, 0.15) is 52.4 Å². The molecule has 244 valence electrons. The Morgan fingerprint density at radius 2 is 1.66 bits per heavy atom. The molecule has 0 aliphatic rings. The number of unbranched alkanes of at least 4 members (excludes halogenated alkanes) is 1. The highest BCUT2D eigenvalue weighted by Gasteiger charge is 2.30. The second kappa shape index (κ2) is 18.6. The molecule has 0 bridgehead atoms. The highest BCUT2D eigenvalue weighted by atomic mass is 79.9. The maximum atomic E-state index is 13.9. The lowest BCUT2D eigenvalue weighted by molar-refractivity contribution is -0.137. The lowest BCUT2D eigenvalue weighted by atomic mass is 9.99. The summed E-state index contributed by atoms with van der Waals surface area (Å²) >= 11 is 3.45. The summed E-state index contributed by atoms with van der Waals surface area (Å²) < 4.78 is 67.6. The van der Waals surface area contributed by atoms with Crippen molar-refractivity contribution in [3.8, 4) is 0 Å². The third-order valence-electron chi connectivity index (χ3n) is 6.66. The third kappa shape index (κ3) is 13.0. The van der Waals surface area contributed by atoms with E-state index in [2.05, 4.69) is 38.4 Å². The van der Waals surface area contributed by atoms with Crippen molar-refractivity contribution in [2.45, 2.75) is 57.6 Å². The molecule has 3 aromatic rings. The van der Waals surface area contributed by atoms with Crippen molar-refractivity contribution in [1.29, 1.82) is 0 Å². The van der Waals surface area contributed by atoms with Gasteiger partial charge in [-0.15, -0.1) is 24.8 Å².